The molecule has 0 bridgehead atoms. The fourth-order valence-electron chi connectivity index (χ4n) is 4.59. The highest BCUT2D eigenvalue weighted by Crippen LogP contribution is 2.35. The van der Waals surface area contributed by atoms with Crippen LogP contribution in [0.2, 0.25) is 5.02 Å². The fraction of sp³-hybridized carbons (Fsp3) is 0.222. The van der Waals surface area contributed by atoms with Gasteiger partial charge in [-0.25, -0.2) is 0 Å². The molecule has 8 heteroatoms. The van der Waals surface area contributed by atoms with Gasteiger partial charge in [0.1, 0.15) is 16.9 Å². The summed E-state index contributed by atoms with van der Waals surface area (Å²) < 4.78 is 7.08. The molecule has 1 atom stereocenters. The van der Waals surface area contributed by atoms with Crippen LogP contribution < -0.4 is 10.2 Å². The minimum absolute atomic E-state index is 0.189. The Kier molecular flexibility index (Phi) is 5.73. The van der Waals surface area contributed by atoms with Crippen LogP contribution in [0, 0.1) is 13.8 Å². The molecule has 0 unspecified atom stereocenters. The van der Waals surface area contributed by atoms with Crippen LogP contribution >= 0.6 is 11.6 Å². The van der Waals surface area contributed by atoms with Crippen molar-refractivity contribution in [2.45, 2.75) is 39.4 Å². The first-order valence-electron chi connectivity index (χ1n) is 11.3. The zero-order valence-corrected chi connectivity index (χ0v) is 20.5. The molecule has 0 saturated heterocycles. The van der Waals surface area contributed by atoms with Crippen LogP contribution in [0.1, 0.15) is 34.1 Å². The summed E-state index contributed by atoms with van der Waals surface area (Å²) in [5, 5.41) is 8.23. The molecule has 2 amide bonds. The van der Waals surface area contributed by atoms with Crippen LogP contribution in [0.3, 0.4) is 0 Å². The number of rotatable bonds is 5. The summed E-state index contributed by atoms with van der Waals surface area (Å²) in [5.74, 6) is -0.0112. The smallest absolute Gasteiger partial charge is 0.277 e. The lowest BCUT2D eigenvalue weighted by Gasteiger charge is -2.43. The van der Waals surface area contributed by atoms with Gasteiger partial charge < -0.3 is 9.73 Å². The number of hydrogen-bond acceptors (Lipinski definition) is 4. The molecule has 1 N–H and O–H groups in total. The van der Waals surface area contributed by atoms with E-state index in [2.05, 4.69) is 10.4 Å². The molecular formula is C27H25ClN4O3. The lowest BCUT2D eigenvalue weighted by molar-refractivity contribution is -0.126. The van der Waals surface area contributed by atoms with Crippen molar-refractivity contribution in [3.63, 3.8) is 0 Å². The molecule has 1 aliphatic heterocycles. The van der Waals surface area contributed by atoms with Gasteiger partial charge in [-0.2, -0.15) is 5.10 Å². The lowest BCUT2D eigenvalue weighted by Crippen LogP contribution is -2.64. The average Bonchev–Trinajstić information content (AvgIpc) is 3.48. The van der Waals surface area contributed by atoms with Gasteiger partial charge in [0.15, 0.2) is 5.76 Å². The highest BCUT2D eigenvalue weighted by Gasteiger charge is 2.49. The molecule has 2 aromatic carbocycles. The molecule has 3 heterocycles. The third-order valence-electron chi connectivity index (χ3n) is 6.25. The molecule has 0 spiro atoms. The number of fused-ring (bicyclic) bond motifs is 1. The number of furan rings is 1. The summed E-state index contributed by atoms with van der Waals surface area (Å²) in [7, 11) is 0. The number of nitrogens with zero attached hydrogens (tertiary/aromatic N) is 3. The highest BCUT2D eigenvalue weighted by molar-refractivity contribution is 6.30. The second kappa shape index (κ2) is 8.74. The third kappa shape index (κ3) is 4.23. The SMILES string of the molecule is Cc1cc(C)cc(N2C(=O)c3cc(-c4ccco4)nn3C[C@]2(C)C(=O)NCc2ccc(Cl)cc2)c1. The van der Waals surface area contributed by atoms with Gasteiger partial charge in [0.2, 0.25) is 5.91 Å². The van der Waals surface area contributed by atoms with E-state index >= 15 is 0 Å². The Morgan fingerprint density at radius 1 is 1.11 bits per heavy atom. The molecule has 5 rings (SSSR count). The van der Waals surface area contributed by atoms with E-state index in [1.54, 1.807) is 53.1 Å². The minimum atomic E-state index is -1.22. The topological polar surface area (TPSA) is 80.4 Å². The predicted octanol–water partition coefficient (Wildman–Crippen LogP) is 5.15. The van der Waals surface area contributed by atoms with Crippen LogP contribution in [-0.4, -0.2) is 27.1 Å². The number of hydrogen-bond donors (Lipinski definition) is 1. The Bertz CT molecular complexity index is 1390. The van der Waals surface area contributed by atoms with Crippen molar-refractivity contribution in [1.29, 1.82) is 0 Å². The van der Waals surface area contributed by atoms with Crippen LogP contribution in [0.15, 0.2) is 71.3 Å². The number of halogens is 1. The Labute approximate surface area is 208 Å². The first-order valence-corrected chi connectivity index (χ1v) is 11.7. The number of aromatic nitrogens is 2. The largest absolute Gasteiger partial charge is 0.463 e. The first-order chi connectivity index (χ1) is 16.7. The zero-order chi connectivity index (χ0) is 24.7. The van der Waals surface area contributed by atoms with Crippen LogP contribution in [-0.2, 0) is 17.9 Å². The normalized spacial score (nSPS) is 17.4. The maximum absolute atomic E-state index is 13.9. The predicted molar refractivity (Wildman–Crippen MR) is 134 cm³/mol. The van der Waals surface area contributed by atoms with Gasteiger partial charge in [0, 0.05) is 23.3 Å². The van der Waals surface area contributed by atoms with Gasteiger partial charge in [-0.05, 0) is 73.9 Å². The number of benzene rings is 2. The molecule has 1 aliphatic rings. The van der Waals surface area contributed by atoms with E-state index in [9.17, 15) is 9.59 Å². The average molecular weight is 489 g/mol. The van der Waals surface area contributed by atoms with Crippen molar-refractivity contribution in [3.8, 4) is 11.5 Å². The molecule has 0 saturated carbocycles. The summed E-state index contributed by atoms with van der Waals surface area (Å²) >= 11 is 5.99. The maximum atomic E-state index is 13.9. The van der Waals surface area contributed by atoms with Crippen LogP contribution in [0.25, 0.3) is 11.5 Å². The molecule has 35 heavy (non-hydrogen) atoms. The van der Waals surface area contributed by atoms with Gasteiger partial charge in [0.25, 0.3) is 5.91 Å². The van der Waals surface area contributed by atoms with Gasteiger partial charge in [-0.3, -0.25) is 19.2 Å². The molecule has 7 nitrogen and oxygen atoms in total. The molecule has 0 fully saturated rings. The monoisotopic (exact) mass is 488 g/mol. The van der Waals surface area contributed by atoms with Crippen LogP contribution in [0.5, 0.6) is 0 Å². The van der Waals surface area contributed by atoms with Gasteiger partial charge in [-0.1, -0.05) is 29.8 Å². The number of nitrogens with one attached hydrogen (secondary N) is 1. The van der Waals surface area contributed by atoms with E-state index in [0.717, 1.165) is 16.7 Å². The van der Waals surface area contributed by atoms with E-state index in [0.29, 0.717) is 34.4 Å². The number of carbonyl (C=O) groups is 2. The quantitative estimate of drug-likeness (QED) is 0.421. The van der Waals surface area contributed by atoms with Crippen molar-refractivity contribution in [2.75, 3.05) is 4.90 Å². The molecule has 4 aromatic rings. The van der Waals surface area contributed by atoms with E-state index < -0.39 is 5.54 Å². The number of carbonyl (C=O) groups excluding carboxylic acids is 2. The molecule has 0 aliphatic carbocycles. The maximum Gasteiger partial charge on any atom is 0.277 e. The molecule has 178 valence electrons. The van der Waals surface area contributed by atoms with Crippen molar-refractivity contribution in [2.24, 2.45) is 0 Å². The first kappa shape index (κ1) is 22.9. The zero-order valence-electron chi connectivity index (χ0n) is 19.7. The Morgan fingerprint density at radius 3 is 2.49 bits per heavy atom. The number of anilines is 1. The summed E-state index contributed by atoms with van der Waals surface area (Å²) in [5.41, 5.74) is 3.32. The molecular weight excluding hydrogens is 464 g/mol. The van der Waals surface area contributed by atoms with E-state index in [1.165, 1.54) is 0 Å². The number of amides is 2. The van der Waals surface area contributed by atoms with Crippen molar-refractivity contribution >= 4 is 29.1 Å². The second-order valence-electron chi connectivity index (χ2n) is 9.12. The lowest BCUT2D eigenvalue weighted by atomic mass is 9.93. The van der Waals surface area contributed by atoms with E-state index in [1.807, 2.05) is 44.2 Å². The standard InChI is InChI=1S/C27H25ClN4O3/c1-17-11-18(2)13-21(12-17)32-25(33)23-14-22(24-5-4-10-35-24)30-31(23)16-27(32,3)26(34)29-15-19-6-8-20(28)9-7-19/h4-14H,15-16H2,1-3H3,(H,29,34)/t27-/m1/s1. The summed E-state index contributed by atoms with van der Waals surface area (Å²) in [4.78, 5) is 29.2. The molecule has 2 aromatic heterocycles. The van der Waals surface area contributed by atoms with Gasteiger partial charge in [0.05, 0.1) is 12.8 Å². The summed E-state index contributed by atoms with van der Waals surface area (Å²) in [6.45, 7) is 6.22. The summed E-state index contributed by atoms with van der Waals surface area (Å²) in [6.07, 6.45) is 1.56. The highest BCUT2D eigenvalue weighted by atomic mass is 35.5. The van der Waals surface area contributed by atoms with Gasteiger partial charge >= 0.3 is 0 Å². The Morgan fingerprint density at radius 2 is 1.83 bits per heavy atom. The van der Waals surface area contributed by atoms with E-state index in [-0.39, 0.29) is 18.4 Å². The second-order valence-corrected chi connectivity index (χ2v) is 9.56. The van der Waals surface area contributed by atoms with Crippen molar-refractivity contribution < 1.29 is 14.0 Å². The van der Waals surface area contributed by atoms with Gasteiger partial charge in [-0.15, -0.1) is 0 Å². The minimum Gasteiger partial charge on any atom is -0.463 e. The van der Waals surface area contributed by atoms with E-state index in [4.69, 9.17) is 16.0 Å². The summed E-state index contributed by atoms with van der Waals surface area (Å²) in [6, 6.07) is 18.4. The van der Waals surface area contributed by atoms with Crippen molar-refractivity contribution in [3.05, 3.63) is 94.3 Å². The van der Waals surface area contributed by atoms with Crippen molar-refractivity contribution in [1.82, 2.24) is 15.1 Å². The Balaban J connectivity index is 1.55. The Hall–Kier alpha value is -3.84. The van der Waals surface area contributed by atoms with Crippen LogP contribution in [0.4, 0.5) is 5.69 Å². The fourth-order valence-corrected chi connectivity index (χ4v) is 4.71. The third-order valence-corrected chi connectivity index (χ3v) is 6.50. The number of aryl methyl sites for hydroxylation is 2. The molecule has 0 radical (unpaired) electrons.